The van der Waals surface area contributed by atoms with Gasteiger partial charge in [-0.25, -0.2) is 4.98 Å². The lowest BCUT2D eigenvalue weighted by Gasteiger charge is -2.24. The van der Waals surface area contributed by atoms with Crippen LogP contribution in [0.15, 0.2) is 9.98 Å². The van der Waals surface area contributed by atoms with E-state index in [0.717, 1.165) is 28.7 Å². The smallest absolute Gasteiger partial charge is 0.186 e. The predicted molar refractivity (Wildman–Crippen MR) is 71.8 cm³/mol. The lowest BCUT2D eigenvalue weighted by Crippen LogP contribution is -2.28. The van der Waals surface area contributed by atoms with Gasteiger partial charge in [0.15, 0.2) is 5.13 Å². The van der Waals surface area contributed by atoms with Crippen molar-refractivity contribution in [2.45, 2.75) is 33.6 Å². The van der Waals surface area contributed by atoms with Crippen molar-refractivity contribution in [2.24, 2.45) is 5.92 Å². The first-order valence-corrected chi connectivity index (χ1v) is 7.24. The lowest BCUT2D eigenvalue weighted by atomic mass is 10.0. The van der Waals surface area contributed by atoms with E-state index in [2.05, 4.69) is 46.6 Å². The molecule has 1 aromatic heterocycles. The molecule has 0 radical (unpaired) electrons. The largest absolute Gasteiger partial charge is 0.348 e. The number of nitrogens with zero attached hydrogens (tertiary/aromatic N) is 2. The fourth-order valence-corrected chi connectivity index (χ4v) is 2.92. The molecular weight excluding hydrogens is 272 g/mol. The van der Waals surface area contributed by atoms with Gasteiger partial charge in [0.05, 0.1) is 0 Å². The summed E-state index contributed by atoms with van der Waals surface area (Å²) in [5.74, 6) is 0.785. The second-order valence-corrected chi connectivity index (χ2v) is 5.32. The van der Waals surface area contributed by atoms with Crippen LogP contribution in [0.5, 0.6) is 0 Å². The van der Waals surface area contributed by atoms with Crippen LogP contribution in [0.4, 0.5) is 5.13 Å². The zero-order valence-corrected chi connectivity index (χ0v) is 12.1. The molecule has 0 aliphatic heterocycles. The minimum Gasteiger partial charge on any atom is -0.348 e. The highest BCUT2D eigenvalue weighted by Crippen LogP contribution is 2.25. The highest BCUT2D eigenvalue weighted by atomic mass is 79.9. The normalized spacial score (nSPS) is 11.0. The molecule has 0 aliphatic carbocycles. The molecule has 0 unspecified atom stereocenters. The van der Waals surface area contributed by atoms with E-state index in [1.165, 1.54) is 12.8 Å². The van der Waals surface area contributed by atoms with E-state index in [1.807, 2.05) is 5.38 Å². The summed E-state index contributed by atoms with van der Waals surface area (Å²) in [6.45, 7) is 8.89. The Hall–Kier alpha value is -0.0900. The van der Waals surface area contributed by atoms with Gasteiger partial charge < -0.3 is 4.90 Å². The van der Waals surface area contributed by atoms with E-state index >= 15 is 0 Å². The highest BCUT2D eigenvalue weighted by Gasteiger charge is 2.13. The average Bonchev–Trinajstić information content (AvgIpc) is 2.67. The molecule has 0 saturated heterocycles. The van der Waals surface area contributed by atoms with Crippen LogP contribution in [0.3, 0.4) is 0 Å². The molecule has 0 aromatic carbocycles. The maximum absolute atomic E-state index is 4.46. The molecule has 0 bridgehead atoms. The Kier molecular flexibility index (Phi) is 5.61. The fraction of sp³-hybridized carbons (Fsp3) is 0.727. The van der Waals surface area contributed by atoms with Crippen molar-refractivity contribution >= 4 is 32.4 Å². The Morgan fingerprint density at radius 3 is 2.47 bits per heavy atom. The lowest BCUT2D eigenvalue weighted by molar-refractivity contribution is 0.486. The molecule has 0 aliphatic rings. The molecule has 2 nitrogen and oxygen atoms in total. The topological polar surface area (TPSA) is 16.1 Å². The van der Waals surface area contributed by atoms with Crippen LogP contribution in [0, 0.1) is 5.92 Å². The van der Waals surface area contributed by atoms with Crippen LogP contribution < -0.4 is 4.90 Å². The van der Waals surface area contributed by atoms with Crippen LogP contribution >= 0.6 is 27.3 Å². The SMILES string of the molecule is CCC(CC)CN(CC)c1nc(Br)cs1. The maximum atomic E-state index is 4.46. The van der Waals surface area contributed by atoms with Crippen LogP contribution in [-0.4, -0.2) is 18.1 Å². The summed E-state index contributed by atoms with van der Waals surface area (Å²) < 4.78 is 0.950. The van der Waals surface area contributed by atoms with Crippen LogP contribution in [0.2, 0.25) is 0 Å². The van der Waals surface area contributed by atoms with E-state index in [0.29, 0.717) is 0 Å². The minimum absolute atomic E-state index is 0.785. The van der Waals surface area contributed by atoms with Gasteiger partial charge >= 0.3 is 0 Å². The van der Waals surface area contributed by atoms with Gasteiger partial charge in [-0.15, -0.1) is 11.3 Å². The summed E-state index contributed by atoms with van der Waals surface area (Å²) in [4.78, 5) is 6.83. The number of halogens is 1. The van der Waals surface area contributed by atoms with Crippen molar-refractivity contribution in [3.8, 4) is 0 Å². The Morgan fingerprint density at radius 1 is 1.40 bits per heavy atom. The third kappa shape index (κ3) is 3.76. The molecule has 86 valence electrons. The van der Waals surface area contributed by atoms with Gasteiger partial charge in [0.1, 0.15) is 4.60 Å². The summed E-state index contributed by atoms with van der Waals surface area (Å²) >= 11 is 5.12. The van der Waals surface area contributed by atoms with E-state index in [-0.39, 0.29) is 0 Å². The third-order valence-corrected chi connectivity index (χ3v) is 4.36. The average molecular weight is 291 g/mol. The van der Waals surface area contributed by atoms with Gasteiger partial charge in [0.2, 0.25) is 0 Å². The van der Waals surface area contributed by atoms with E-state index < -0.39 is 0 Å². The van der Waals surface area contributed by atoms with Gasteiger partial charge in [-0.05, 0) is 28.8 Å². The number of aromatic nitrogens is 1. The van der Waals surface area contributed by atoms with Crippen molar-refractivity contribution < 1.29 is 0 Å². The standard InChI is InChI=1S/C11H19BrN2S/c1-4-9(5-2)7-14(6-3)11-13-10(12)8-15-11/h8-9H,4-7H2,1-3H3. The Bertz CT molecular complexity index is 284. The molecule has 0 N–H and O–H groups in total. The van der Waals surface area contributed by atoms with Gasteiger partial charge in [-0.2, -0.15) is 0 Å². The van der Waals surface area contributed by atoms with E-state index in [9.17, 15) is 0 Å². The number of rotatable bonds is 6. The zero-order valence-electron chi connectivity index (χ0n) is 9.66. The molecule has 15 heavy (non-hydrogen) atoms. The number of thiazole rings is 1. The van der Waals surface area contributed by atoms with Gasteiger partial charge in [-0.3, -0.25) is 0 Å². The Balaban J connectivity index is 2.63. The molecule has 1 rings (SSSR count). The third-order valence-electron chi connectivity index (χ3n) is 2.75. The molecule has 1 aromatic rings. The first-order chi connectivity index (χ1) is 7.21. The molecular formula is C11H19BrN2S. The molecule has 0 atom stereocenters. The second-order valence-electron chi connectivity index (χ2n) is 3.67. The quantitative estimate of drug-likeness (QED) is 0.782. The van der Waals surface area contributed by atoms with Crippen LogP contribution in [0.1, 0.15) is 33.6 Å². The molecule has 0 fully saturated rings. The van der Waals surface area contributed by atoms with Gasteiger partial charge in [0.25, 0.3) is 0 Å². The molecule has 0 spiro atoms. The summed E-state index contributed by atoms with van der Waals surface area (Å²) in [5.41, 5.74) is 0. The first kappa shape index (κ1) is 13.0. The zero-order chi connectivity index (χ0) is 11.3. The van der Waals surface area contributed by atoms with Crippen molar-refractivity contribution in [3.63, 3.8) is 0 Å². The number of anilines is 1. The first-order valence-electron chi connectivity index (χ1n) is 5.57. The van der Waals surface area contributed by atoms with Crippen molar-refractivity contribution in [3.05, 3.63) is 9.98 Å². The molecule has 1 heterocycles. The summed E-state index contributed by atoms with van der Waals surface area (Å²) in [6.07, 6.45) is 2.50. The summed E-state index contributed by atoms with van der Waals surface area (Å²) in [5, 5.41) is 3.18. The van der Waals surface area contributed by atoms with Crippen molar-refractivity contribution in [1.82, 2.24) is 4.98 Å². The second kappa shape index (κ2) is 6.48. The Morgan fingerprint density at radius 2 is 2.07 bits per heavy atom. The molecule has 4 heteroatoms. The van der Waals surface area contributed by atoms with E-state index in [4.69, 9.17) is 0 Å². The highest BCUT2D eigenvalue weighted by molar-refractivity contribution is 9.10. The minimum atomic E-state index is 0.785. The van der Waals surface area contributed by atoms with Crippen molar-refractivity contribution in [2.75, 3.05) is 18.0 Å². The van der Waals surface area contributed by atoms with Crippen LogP contribution in [0.25, 0.3) is 0 Å². The monoisotopic (exact) mass is 290 g/mol. The molecule has 0 amide bonds. The summed E-state index contributed by atoms with van der Waals surface area (Å²) in [7, 11) is 0. The summed E-state index contributed by atoms with van der Waals surface area (Å²) in [6, 6.07) is 0. The number of hydrogen-bond acceptors (Lipinski definition) is 3. The van der Waals surface area contributed by atoms with E-state index in [1.54, 1.807) is 11.3 Å². The number of hydrogen-bond donors (Lipinski definition) is 0. The fourth-order valence-electron chi connectivity index (χ4n) is 1.59. The Labute approximate surface area is 105 Å². The maximum Gasteiger partial charge on any atom is 0.186 e. The van der Waals surface area contributed by atoms with Gasteiger partial charge in [-0.1, -0.05) is 26.7 Å². The predicted octanol–water partition coefficient (Wildman–Crippen LogP) is 4.17. The van der Waals surface area contributed by atoms with Crippen LogP contribution in [-0.2, 0) is 0 Å². The molecule has 0 saturated carbocycles. The van der Waals surface area contributed by atoms with Crippen molar-refractivity contribution in [1.29, 1.82) is 0 Å². The van der Waals surface area contributed by atoms with Gasteiger partial charge in [0, 0.05) is 18.5 Å².